The number of carbonyl (C=O) groups excluding carboxylic acids is 1. The summed E-state index contributed by atoms with van der Waals surface area (Å²) < 4.78 is 29.4. The smallest absolute Gasteiger partial charge is 0.354 e. The van der Waals surface area contributed by atoms with Gasteiger partial charge in [0.25, 0.3) is 0 Å². The van der Waals surface area contributed by atoms with Crippen molar-refractivity contribution < 1.29 is 18.5 Å². The topological polar surface area (TPSA) is 134 Å². The molecule has 2 aromatic rings. The van der Waals surface area contributed by atoms with Crippen LogP contribution in [0.3, 0.4) is 0 Å². The van der Waals surface area contributed by atoms with E-state index < -0.39 is 15.9 Å². The van der Waals surface area contributed by atoms with E-state index in [-0.39, 0.29) is 29.4 Å². The number of methoxy groups -OCH3 is 1. The number of rotatable bonds is 4. The molecule has 0 saturated heterocycles. The van der Waals surface area contributed by atoms with Gasteiger partial charge in [0.15, 0.2) is 9.92 Å². The highest BCUT2D eigenvalue weighted by atomic mass is 32.2. The first-order valence-corrected chi connectivity index (χ1v) is 11.9. The number of ether oxygens (including phenoxy) is 2. The van der Waals surface area contributed by atoms with Crippen LogP contribution in [0.2, 0.25) is 0 Å². The Morgan fingerprint density at radius 3 is 2.94 bits per heavy atom. The van der Waals surface area contributed by atoms with Crippen molar-refractivity contribution in [3.05, 3.63) is 28.7 Å². The molecule has 168 valence electrons. The van der Waals surface area contributed by atoms with E-state index in [2.05, 4.69) is 28.6 Å². The quantitative estimate of drug-likeness (QED) is 0.738. The highest BCUT2D eigenvalue weighted by Gasteiger charge is 2.28. The largest absolute Gasteiger partial charge is 0.474 e. The molecule has 10 nitrogen and oxygen atoms in total. The maximum Gasteiger partial charge on any atom is 0.354 e. The molecule has 2 unspecified atom stereocenters. The molecule has 0 fully saturated rings. The van der Waals surface area contributed by atoms with Gasteiger partial charge in [0.05, 0.1) is 18.4 Å². The number of fused-ring (bicyclic) bond motifs is 2. The Morgan fingerprint density at radius 2 is 2.23 bits per heavy atom. The summed E-state index contributed by atoms with van der Waals surface area (Å²) in [5, 5.41) is 13.0. The van der Waals surface area contributed by atoms with Gasteiger partial charge in [0.1, 0.15) is 17.6 Å². The zero-order valence-corrected chi connectivity index (χ0v) is 19.0. The summed E-state index contributed by atoms with van der Waals surface area (Å²) in [4.78, 5) is 17.7. The van der Waals surface area contributed by atoms with Crippen LogP contribution in [0.4, 0.5) is 10.5 Å². The zero-order chi connectivity index (χ0) is 22.3. The highest BCUT2D eigenvalue weighted by Crippen LogP contribution is 2.35. The Hall–Kier alpha value is -2.50. The summed E-state index contributed by atoms with van der Waals surface area (Å²) in [5.41, 5.74) is 4.57. The molecule has 1 aliphatic heterocycles. The number of aryl methyl sites for hydroxylation is 1. The second kappa shape index (κ2) is 8.21. The lowest BCUT2D eigenvalue weighted by molar-refractivity contribution is 0.0165. The van der Waals surface area contributed by atoms with Crippen LogP contribution in [0.25, 0.3) is 0 Å². The number of anilines is 1. The van der Waals surface area contributed by atoms with Crippen molar-refractivity contribution in [1.82, 2.24) is 14.8 Å². The molecule has 0 bridgehead atoms. The number of hydrogen-bond donors (Lipinski definition) is 2. The standard InChI is InChI=1S/C20H28N6O4S/c1-11(2)17-12(3)18(14-6-5-7-15(14)23-17)24-20(27)25-31(21,28)16-8-22-26-9-13(29-4)10-30-19(16)26/h8,11,13H,5-7,9-10H2,1-4H3,(H3,21,23,24,25,27,28). The summed E-state index contributed by atoms with van der Waals surface area (Å²) >= 11 is 0. The number of nitrogens with two attached hydrogens (primary N) is 1. The van der Waals surface area contributed by atoms with Crippen LogP contribution in [0.15, 0.2) is 15.5 Å². The molecule has 2 amide bonds. The van der Waals surface area contributed by atoms with E-state index in [9.17, 15) is 9.00 Å². The molecule has 0 radical (unpaired) electrons. The van der Waals surface area contributed by atoms with Crippen LogP contribution in [-0.4, -0.2) is 44.8 Å². The molecule has 0 saturated carbocycles. The van der Waals surface area contributed by atoms with Crippen molar-refractivity contribution in [3.8, 4) is 5.88 Å². The van der Waals surface area contributed by atoms with Crippen LogP contribution in [0.1, 0.15) is 48.7 Å². The maximum absolute atomic E-state index is 13.1. The van der Waals surface area contributed by atoms with Crippen molar-refractivity contribution in [2.45, 2.75) is 63.5 Å². The average molecular weight is 449 g/mol. The molecule has 2 aliphatic rings. The first kappa shape index (κ1) is 21.7. The van der Waals surface area contributed by atoms with E-state index in [1.54, 1.807) is 7.11 Å². The van der Waals surface area contributed by atoms with E-state index in [1.165, 1.54) is 10.9 Å². The minimum absolute atomic E-state index is 0.0942. The zero-order valence-electron chi connectivity index (χ0n) is 18.2. The van der Waals surface area contributed by atoms with Crippen LogP contribution >= 0.6 is 0 Å². The molecule has 3 heterocycles. The predicted molar refractivity (Wildman–Crippen MR) is 116 cm³/mol. The summed E-state index contributed by atoms with van der Waals surface area (Å²) in [5.74, 6) is 0.463. The van der Waals surface area contributed by atoms with Crippen molar-refractivity contribution in [2.24, 2.45) is 9.50 Å². The first-order valence-electron chi connectivity index (χ1n) is 10.3. The normalized spacial score (nSPS) is 19.4. The van der Waals surface area contributed by atoms with Gasteiger partial charge in [-0.05, 0) is 43.2 Å². The van der Waals surface area contributed by atoms with Crippen molar-refractivity contribution in [3.63, 3.8) is 0 Å². The molecule has 31 heavy (non-hydrogen) atoms. The highest BCUT2D eigenvalue weighted by molar-refractivity contribution is 7.91. The van der Waals surface area contributed by atoms with Gasteiger partial charge in [-0.25, -0.2) is 18.8 Å². The Kier molecular flexibility index (Phi) is 5.75. The molecule has 1 aliphatic carbocycles. The molecule has 2 aromatic heterocycles. The average Bonchev–Trinajstić information content (AvgIpc) is 3.35. The van der Waals surface area contributed by atoms with E-state index in [0.29, 0.717) is 12.2 Å². The summed E-state index contributed by atoms with van der Waals surface area (Å²) in [6.07, 6.45) is 3.87. The van der Waals surface area contributed by atoms with Crippen molar-refractivity contribution in [1.29, 1.82) is 0 Å². The fourth-order valence-electron chi connectivity index (χ4n) is 4.13. The summed E-state index contributed by atoms with van der Waals surface area (Å²) in [7, 11) is -1.98. The lowest BCUT2D eigenvalue weighted by Gasteiger charge is -2.23. The number of carbonyl (C=O) groups is 1. The van der Waals surface area contributed by atoms with Crippen LogP contribution in [0, 0.1) is 6.92 Å². The molecular formula is C20H28N6O4S. The van der Waals surface area contributed by atoms with Crippen LogP contribution in [-0.2, 0) is 34.0 Å². The second-order valence-corrected chi connectivity index (χ2v) is 9.95. The number of hydrogen-bond acceptors (Lipinski definition) is 6. The third-order valence-electron chi connectivity index (χ3n) is 5.69. The van der Waals surface area contributed by atoms with Crippen molar-refractivity contribution >= 4 is 21.6 Å². The molecule has 2 atom stereocenters. The van der Waals surface area contributed by atoms with Gasteiger partial charge in [-0.15, -0.1) is 4.36 Å². The fourth-order valence-corrected chi connectivity index (χ4v) is 5.13. The number of nitrogens with one attached hydrogen (secondary N) is 1. The lowest BCUT2D eigenvalue weighted by atomic mass is 9.99. The van der Waals surface area contributed by atoms with Crippen molar-refractivity contribution in [2.75, 3.05) is 19.0 Å². The SMILES string of the molecule is COC1COc2c(S(N)(=O)=NC(=O)Nc3c(C)c(C(C)C)nc4c3CCC4)cnn2C1. The first-order chi connectivity index (χ1) is 14.7. The fraction of sp³-hybridized carbons (Fsp3) is 0.550. The van der Waals surface area contributed by atoms with Gasteiger partial charge in [-0.1, -0.05) is 13.8 Å². The monoisotopic (exact) mass is 448 g/mol. The van der Waals surface area contributed by atoms with Gasteiger partial charge < -0.3 is 14.8 Å². The van der Waals surface area contributed by atoms with Gasteiger partial charge in [-0.3, -0.25) is 4.98 Å². The second-order valence-electron chi connectivity index (χ2n) is 8.19. The maximum atomic E-state index is 13.1. The number of aromatic nitrogens is 3. The molecular weight excluding hydrogens is 420 g/mol. The van der Waals surface area contributed by atoms with E-state index >= 15 is 0 Å². The van der Waals surface area contributed by atoms with Gasteiger partial charge in [0.2, 0.25) is 5.88 Å². The number of amides is 2. The summed E-state index contributed by atoms with van der Waals surface area (Å²) in [6.45, 7) is 6.78. The molecule has 4 rings (SSSR count). The molecule has 3 N–H and O–H groups in total. The van der Waals surface area contributed by atoms with E-state index in [0.717, 1.165) is 41.8 Å². The Balaban J connectivity index is 1.65. The predicted octanol–water partition coefficient (Wildman–Crippen LogP) is 2.54. The van der Waals surface area contributed by atoms with Gasteiger partial charge >= 0.3 is 6.03 Å². The molecule has 0 aromatic carbocycles. The Morgan fingerprint density at radius 1 is 1.45 bits per heavy atom. The van der Waals surface area contributed by atoms with Crippen LogP contribution in [0.5, 0.6) is 5.88 Å². The number of pyridine rings is 1. The van der Waals surface area contributed by atoms with E-state index in [1.807, 2.05) is 6.92 Å². The van der Waals surface area contributed by atoms with Gasteiger partial charge in [-0.2, -0.15) is 5.10 Å². The Bertz CT molecular complexity index is 1150. The summed E-state index contributed by atoms with van der Waals surface area (Å²) in [6, 6.07) is -0.767. The van der Waals surface area contributed by atoms with Gasteiger partial charge in [0, 0.05) is 18.5 Å². The Labute approximate surface area is 181 Å². The number of urea groups is 1. The number of nitrogens with zero attached hydrogens (tertiary/aromatic N) is 4. The minimum atomic E-state index is -3.56. The van der Waals surface area contributed by atoms with E-state index in [4.69, 9.17) is 19.6 Å². The van der Waals surface area contributed by atoms with Crippen LogP contribution < -0.4 is 15.2 Å². The molecule has 11 heteroatoms. The lowest BCUT2D eigenvalue weighted by Crippen LogP contribution is -2.32. The minimum Gasteiger partial charge on any atom is -0.474 e. The molecule has 0 spiro atoms. The third-order valence-corrected chi connectivity index (χ3v) is 7.04. The third kappa shape index (κ3) is 4.04.